The molecule has 0 radical (unpaired) electrons. The zero-order valence-electron chi connectivity index (χ0n) is 10.5. The molecule has 4 heteroatoms. The summed E-state index contributed by atoms with van der Waals surface area (Å²) in [5.41, 5.74) is 2.48. The molecule has 1 heterocycles. The summed E-state index contributed by atoms with van der Waals surface area (Å²) in [5, 5.41) is 21.9. The van der Waals surface area contributed by atoms with Crippen molar-refractivity contribution in [2.75, 3.05) is 6.54 Å². The topological polar surface area (TPSA) is 68.9 Å². The van der Waals surface area contributed by atoms with Crippen LogP contribution in [0.25, 0.3) is 0 Å². The first-order chi connectivity index (χ1) is 9.29. The summed E-state index contributed by atoms with van der Waals surface area (Å²) < 4.78 is 0. The first-order valence-electron chi connectivity index (χ1n) is 6.07. The number of nitrogens with zero attached hydrogens (tertiary/aromatic N) is 2. The van der Waals surface area contributed by atoms with Crippen molar-refractivity contribution in [1.82, 2.24) is 10.3 Å². The van der Waals surface area contributed by atoms with Crippen molar-refractivity contribution in [2.45, 2.75) is 12.6 Å². The zero-order valence-corrected chi connectivity index (χ0v) is 10.5. The second-order valence-corrected chi connectivity index (χ2v) is 4.24. The van der Waals surface area contributed by atoms with Gasteiger partial charge in [-0.25, -0.2) is 0 Å². The zero-order chi connectivity index (χ0) is 13.5. The van der Waals surface area contributed by atoms with Crippen LogP contribution in [-0.4, -0.2) is 16.6 Å². The Morgan fingerprint density at radius 3 is 2.68 bits per heavy atom. The molecule has 0 aliphatic heterocycles. The third-order valence-electron chi connectivity index (χ3n) is 2.81. The molecule has 0 bridgehead atoms. The van der Waals surface area contributed by atoms with Gasteiger partial charge in [-0.1, -0.05) is 18.2 Å². The lowest BCUT2D eigenvalue weighted by Gasteiger charge is -2.12. The summed E-state index contributed by atoms with van der Waals surface area (Å²) in [6.07, 6.45) is 2.94. The van der Waals surface area contributed by atoms with Gasteiger partial charge in [0.05, 0.1) is 17.7 Å². The van der Waals surface area contributed by atoms with Gasteiger partial charge in [-0.15, -0.1) is 0 Å². The number of benzene rings is 1. The van der Waals surface area contributed by atoms with Crippen LogP contribution in [-0.2, 0) is 6.54 Å². The van der Waals surface area contributed by atoms with Crippen LogP contribution < -0.4 is 5.32 Å². The van der Waals surface area contributed by atoms with Crippen molar-refractivity contribution in [3.8, 4) is 6.07 Å². The normalized spacial score (nSPS) is 11.8. The second-order valence-electron chi connectivity index (χ2n) is 4.24. The SMILES string of the molecule is N#Cc1ccc(C(O)CNCc2cccnc2)cc1. The smallest absolute Gasteiger partial charge is 0.0991 e. The van der Waals surface area contributed by atoms with Crippen LogP contribution in [0, 0.1) is 11.3 Å². The Labute approximate surface area is 112 Å². The highest BCUT2D eigenvalue weighted by molar-refractivity contribution is 5.32. The van der Waals surface area contributed by atoms with E-state index in [1.54, 1.807) is 36.7 Å². The number of nitriles is 1. The molecular formula is C15H15N3O. The minimum atomic E-state index is -0.579. The number of rotatable bonds is 5. The Balaban J connectivity index is 1.84. The highest BCUT2D eigenvalue weighted by Gasteiger charge is 2.06. The molecule has 0 fully saturated rings. The van der Waals surface area contributed by atoms with Gasteiger partial charge in [-0.3, -0.25) is 4.98 Å². The molecule has 96 valence electrons. The molecule has 2 N–H and O–H groups in total. The monoisotopic (exact) mass is 253 g/mol. The van der Waals surface area contributed by atoms with E-state index in [1.165, 1.54) is 0 Å². The molecule has 0 amide bonds. The highest BCUT2D eigenvalue weighted by Crippen LogP contribution is 2.12. The summed E-state index contributed by atoms with van der Waals surface area (Å²) in [7, 11) is 0. The largest absolute Gasteiger partial charge is 0.387 e. The average Bonchev–Trinajstić information content (AvgIpc) is 2.48. The van der Waals surface area contributed by atoms with Crippen LogP contribution in [0.3, 0.4) is 0 Å². The number of hydrogen-bond donors (Lipinski definition) is 2. The third kappa shape index (κ3) is 3.88. The predicted molar refractivity (Wildman–Crippen MR) is 72.1 cm³/mol. The molecule has 4 nitrogen and oxygen atoms in total. The number of pyridine rings is 1. The molecule has 0 saturated heterocycles. The van der Waals surface area contributed by atoms with Crippen molar-refractivity contribution in [3.05, 3.63) is 65.5 Å². The molecular weight excluding hydrogens is 238 g/mol. The fraction of sp³-hybridized carbons (Fsp3) is 0.200. The van der Waals surface area contributed by atoms with Gasteiger partial charge >= 0.3 is 0 Å². The molecule has 19 heavy (non-hydrogen) atoms. The van der Waals surface area contributed by atoms with Gasteiger partial charge in [0.25, 0.3) is 0 Å². The fourth-order valence-corrected chi connectivity index (χ4v) is 1.75. The van der Waals surface area contributed by atoms with E-state index < -0.39 is 6.10 Å². The number of hydrogen-bond acceptors (Lipinski definition) is 4. The Kier molecular flexibility index (Phi) is 4.62. The van der Waals surface area contributed by atoms with Crippen LogP contribution in [0.5, 0.6) is 0 Å². The molecule has 0 aliphatic carbocycles. The van der Waals surface area contributed by atoms with Crippen LogP contribution in [0.4, 0.5) is 0 Å². The molecule has 0 spiro atoms. The number of aliphatic hydroxyl groups excluding tert-OH is 1. The molecule has 1 unspecified atom stereocenters. The summed E-state index contributed by atoms with van der Waals surface area (Å²) in [6, 6.07) is 12.9. The Bertz CT molecular complexity index is 546. The van der Waals surface area contributed by atoms with Crippen LogP contribution in [0.15, 0.2) is 48.8 Å². The van der Waals surface area contributed by atoms with Crippen LogP contribution in [0.1, 0.15) is 22.8 Å². The maximum absolute atomic E-state index is 10.0. The fourth-order valence-electron chi connectivity index (χ4n) is 1.75. The Hall–Kier alpha value is -2.22. The van der Waals surface area contributed by atoms with E-state index in [-0.39, 0.29) is 0 Å². The number of aromatic nitrogens is 1. The molecule has 1 aromatic carbocycles. The second kappa shape index (κ2) is 6.64. The molecule has 0 aliphatic rings. The predicted octanol–water partition coefficient (Wildman–Crippen LogP) is 1.78. The van der Waals surface area contributed by atoms with Crippen molar-refractivity contribution < 1.29 is 5.11 Å². The van der Waals surface area contributed by atoms with Crippen molar-refractivity contribution in [2.24, 2.45) is 0 Å². The number of aliphatic hydroxyl groups is 1. The molecule has 0 saturated carbocycles. The number of nitrogens with one attached hydrogen (secondary N) is 1. The van der Waals surface area contributed by atoms with Crippen molar-refractivity contribution >= 4 is 0 Å². The van der Waals surface area contributed by atoms with Gasteiger partial charge in [-0.05, 0) is 29.3 Å². The molecule has 2 aromatic rings. The summed E-state index contributed by atoms with van der Waals surface area (Å²) >= 11 is 0. The van der Waals surface area contributed by atoms with E-state index in [9.17, 15) is 5.11 Å². The maximum Gasteiger partial charge on any atom is 0.0991 e. The van der Waals surface area contributed by atoms with E-state index in [0.717, 1.165) is 11.1 Å². The minimum absolute atomic E-state index is 0.459. The average molecular weight is 253 g/mol. The van der Waals surface area contributed by atoms with E-state index in [2.05, 4.69) is 16.4 Å². The quantitative estimate of drug-likeness (QED) is 0.852. The van der Waals surface area contributed by atoms with Gasteiger partial charge in [0, 0.05) is 25.5 Å². The first kappa shape index (κ1) is 13.2. The minimum Gasteiger partial charge on any atom is -0.387 e. The molecule has 1 aromatic heterocycles. The van der Waals surface area contributed by atoms with E-state index in [1.807, 2.05) is 12.1 Å². The van der Waals surface area contributed by atoms with Crippen LogP contribution in [0.2, 0.25) is 0 Å². The van der Waals surface area contributed by atoms with Crippen molar-refractivity contribution in [3.63, 3.8) is 0 Å². The lowest BCUT2D eigenvalue weighted by atomic mass is 10.1. The lowest BCUT2D eigenvalue weighted by molar-refractivity contribution is 0.174. The summed E-state index contributed by atoms with van der Waals surface area (Å²) in [5.74, 6) is 0. The van der Waals surface area contributed by atoms with Gasteiger partial charge in [0.2, 0.25) is 0 Å². The van der Waals surface area contributed by atoms with E-state index in [0.29, 0.717) is 18.7 Å². The Morgan fingerprint density at radius 1 is 1.26 bits per heavy atom. The lowest BCUT2D eigenvalue weighted by Crippen LogP contribution is -2.21. The summed E-state index contributed by atoms with van der Waals surface area (Å²) in [4.78, 5) is 4.03. The Morgan fingerprint density at radius 2 is 2.05 bits per heavy atom. The first-order valence-corrected chi connectivity index (χ1v) is 6.07. The highest BCUT2D eigenvalue weighted by atomic mass is 16.3. The van der Waals surface area contributed by atoms with Crippen LogP contribution >= 0.6 is 0 Å². The van der Waals surface area contributed by atoms with Gasteiger partial charge in [-0.2, -0.15) is 5.26 Å². The standard InChI is InChI=1S/C15H15N3O/c16-8-12-3-5-14(6-4-12)15(19)11-18-10-13-2-1-7-17-9-13/h1-7,9,15,18-19H,10-11H2. The van der Waals surface area contributed by atoms with E-state index in [4.69, 9.17) is 5.26 Å². The van der Waals surface area contributed by atoms with Crippen molar-refractivity contribution in [1.29, 1.82) is 5.26 Å². The van der Waals surface area contributed by atoms with Gasteiger partial charge in [0.15, 0.2) is 0 Å². The third-order valence-corrected chi connectivity index (χ3v) is 2.81. The molecule has 1 atom stereocenters. The summed E-state index contributed by atoms with van der Waals surface area (Å²) in [6.45, 7) is 1.13. The van der Waals surface area contributed by atoms with Gasteiger partial charge in [0.1, 0.15) is 0 Å². The van der Waals surface area contributed by atoms with Gasteiger partial charge < -0.3 is 10.4 Å². The van der Waals surface area contributed by atoms with E-state index >= 15 is 0 Å². The molecule has 2 rings (SSSR count). The maximum atomic E-state index is 10.0.